The fourth-order valence-electron chi connectivity index (χ4n) is 3.55. The lowest BCUT2D eigenvalue weighted by molar-refractivity contribution is -0.133. The second kappa shape index (κ2) is 7.18. The molecule has 5 nitrogen and oxygen atoms in total. The molecule has 2 heterocycles. The van der Waals surface area contributed by atoms with Gasteiger partial charge in [0.2, 0.25) is 5.91 Å². The molecule has 24 heavy (non-hydrogen) atoms. The molecule has 3 rings (SSSR count). The van der Waals surface area contributed by atoms with Crippen LogP contribution in [0.2, 0.25) is 0 Å². The second-order valence-corrected chi connectivity index (χ2v) is 6.70. The van der Waals surface area contributed by atoms with Gasteiger partial charge >= 0.3 is 0 Å². The van der Waals surface area contributed by atoms with E-state index in [9.17, 15) is 4.79 Å². The van der Waals surface area contributed by atoms with Crippen LogP contribution < -0.4 is 4.74 Å². The highest BCUT2D eigenvalue weighted by Crippen LogP contribution is 2.27. The number of rotatable bonds is 5. The average molecular weight is 327 g/mol. The summed E-state index contributed by atoms with van der Waals surface area (Å²) in [5.41, 5.74) is 2.16. The van der Waals surface area contributed by atoms with E-state index in [1.54, 1.807) is 13.3 Å². The zero-order chi connectivity index (χ0) is 17.1. The molecule has 1 fully saturated rings. The lowest BCUT2D eigenvalue weighted by Crippen LogP contribution is -2.41. The van der Waals surface area contributed by atoms with Crippen LogP contribution in [0.5, 0.6) is 5.75 Å². The number of likely N-dealkylation sites (tertiary alicyclic amines) is 1. The molecule has 1 aliphatic rings. The van der Waals surface area contributed by atoms with Crippen LogP contribution >= 0.6 is 0 Å². The Morgan fingerprint density at radius 3 is 2.96 bits per heavy atom. The highest BCUT2D eigenvalue weighted by Gasteiger charge is 2.23. The molecule has 1 amide bonds. The third kappa shape index (κ3) is 3.51. The van der Waals surface area contributed by atoms with Gasteiger partial charge in [-0.2, -0.15) is 0 Å². The Labute approximate surface area is 143 Å². The van der Waals surface area contributed by atoms with E-state index in [1.165, 1.54) is 5.56 Å². The molecule has 1 atom stereocenters. The van der Waals surface area contributed by atoms with Crippen LogP contribution in [-0.2, 0) is 11.3 Å². The Morgan fingerprint density at radius 2 is 2.21 bits per heavy atom. The van der Waals surface area contributed by atoms with Crippen LogP contribution in [0.3, 0.4) is 0 Å². The molecule has 1 aromatic carbocycles. The smallest absolute Gasteiger partial charge is 0.222 e. The van der Waals surface area contributed by atoms with Gasteiger partial charge in [0.05, 0.1) is 7.11 Å². The first-order valence-corrected chi connectivity index (χ1v) is 8.41. The Bertz CT molecular complexity index is 732. The van der Waals surface area contributed by atoms with Gasteiger partial charge in [-0.15, -0.1) is 0 Å². The van der Waals surface area contributed by atoms with Crippen LogP contribution in [0.1, 0.15) is 18.4 Å². The van der Waals surface area contributed by atoms with Crippen LogP contribution in [0.25, 0.3) is 10.9 Å². The molecule has 1 aliphatic heterocycles. The van der Waals surface area contributed by atoms with Crippen LogP contribution in [0.4, 0.5) is 0 Å². The fourth-order valence-corrected chi connectivity index (χ4v) is 3.55. The Hall–Kier alpha value is -2.14. The van der Waals surface area contributed by atoms with Crippen molar-refractivity contribution in [1.29, 1.82) is 0 Å². The van der Waals surface area contributed by atoms with Crippen LogP contribution in [0, 0.1) is 5.92 Å². The van der Waals surface area contributed by atoms with Crippen molar-refractivity contribution in [2.45, 2.75) is 19.4 Å². The Morgan fingerprint density at radius 1 is 1.38 bits per heavy atom. The summed E-state index contributed by atoms with van der Waals surface area (Å²) in [7, 11) is 5.72. The third-order valence-electron chi connectivity index (χ3n) is 4.78. The van der Waals surface area contributed by atoms with E-state index in [-0.39, 0.29) is 5.91 Å². The SMILES string of the molecule is COc1ccc(CN(C)CC2CCC(=O)N(C)C2)c2cccnc12. The second-order valence-electron chi connectivity index (χ2n) is 6.70. The quantitative estimate of drug-likeness (QED) is 0.847. The summed E-state index contributed by atoms with van der Waals surface area (Å²) in [4.78, 5) is 20.3. The number of carbonyl (C=O) groups is 1. The van der Waals surface area contributed by atoms with E-state index in [0.717, 1.165) is 42.7 Å². The molecule has 0 N–H and O–H groups in total. The molecule has 5 heteroatoms. The molecule has 2 aromatic rings. The van der Waals surface area contributed by atoms with Crippen molar-refractivity contribution in [2.24, 2.45) is 5.92 Å². The van der Waals surface area contributed by atoms with Gasteiger partial charge in [0.1, 0.15) is 11.3 Å². The monoisotopic (exact) mass is 327 g/mol. The molecule has 0 saturated carbocycles. The van der Waals surface area contributed by atoms with E-state index < -0.39 is 0 Å². The summed E-state index contributed by atoms with van der Waals surface area (Å²) >= 11 is 0. The number of hydrogen-bond donors (Lipinski definition) is 0. The fraction of sp³-hybridized carbons (Fsp3) is 0.474. The number of nitrogens with zero attached hydrogens (tertiary/aromatic N) is 3. The van der Waals surface area contributed by atoms with Crippen molar-refractivity contribution in [3.05, 3.63) is 36.0 Å². The van der Waals surface area contributed by atoms with Crippen LogP contribution in [-0.4, -0.2) is 55.0 Å². The first kappa shape index (κ1) is 16.7. The van der Waals surface area contributed by atoms with Gasteiger partial charge in [-0.25, -0.2) is 0 Å². The van der Waals surface area contributed by atoms with Crippen molar-refractivity contribution in [2.75, 3.05) is 34.3 Å². The number of pyridine rings is 1. The number of fused-ring (bicyclic) bond motifs is 1. The van der Waals surface area contributed by atoms with E-state index in [2.05, 4.69) is 29.1 Å². The molecule has 1 aromatic heterocycles. The van der Waals surface area contributed by atoms with Crippen LogP contribution in [0.15, 0.2) is 30.5 Å². The Kier molecular flexibility index (Phi) is 5.00. The van der Waals surface area contributed by atoms with Gasteiger partial charge in [0, 0.05) is 44.7 Å². The van der Waals surface area contributed by atoms with E-state index in [1.807, 2.05) is 24.1 Å². The number of aromatic nitrogens is 1. The maximum atomic E-state index is 11.6. The first-order chi connectivity index (χ1) is 11.6. The summed E-state index contributed by atoms with van der Waals surface area (Å²) in [5.74, 6) is 1.62. The van der Waals surface area contributed by atoms with Gasteiger partial charge in [0.15, 0.2) is 0 Å². The number of amides is 1. The van der Waals surface area contributed by atoms with E-state index in [0.29, 0.717) is 12.3 Å². The molecular formula is C19H25N3O2. The zero-order valence-electron chi connectivity index (χ0n) is 14.7. The van der Waals surface area contributed by atoms with Gasteiger partial charge in [-0.3, -0.25) is 9.78 Å². The van der Waals surface area contributed by atoms with Crippen molar-refractivity contribution >= 4 is 16.8 Å². The van der Waals surface area contributed by atoms with Gasteiger partial charge in [-0.1, -0.05) is 12.1 Å². The average Bonchev–Trinajstić information content (AvgIpc) is 2.58. The minimum Gasteiger partial charge on any atom is -0.494 e. The molecule has 1 unspecified atom stereocenters. The highest BCUT2D eigenvalue weighted by molar-refractivity contribution is 5.87. The predicted molar refractivity (Wildman–Crippen MR) is 95.0 cm³/mol. The maximum Gasteiger partial charge on any atom is 0.222 e. The number of ether oxygens (including phenoxy) is 1. The largest absolute Gasteiger partial charge is 0.494 e. The molecular weight excluding hydrogens is 302 g/mol. The number of methoxy groups -OCH3 is 1. The lowest BCUT2D eigenvalue weighted by atomic mass is 9.97. The van der Waals surface area contributed by atoms with Crippen molar-refractivity contribution in [3.8, 4) is 5.75 Å². The molecule has 0 bridgehead atoms. The summed E-state index contributed by atoms with van der Waals surface area (Å²) in [6.45, 7) is 2.71. The zero-order valence-corrected chi connectivity index (χ0v) is 14.7. The summed E-state index contributed by atoms with van der Waals surface area (Å²) < 4.78 is 5.42. The van der Waals surface area contributed by atoms with Crippen molar-refractivity contribution < 1.29 is 9.53 Å². The van der Waals surface area contributed by atoms with Gasteiger partial charge in [0.25, 0.3) is 0 Å². The number of piperidine rings is 1. The topological polar surface area (TPSA) is 45.7 Å². The highest BCUT2D eigenvalue weighted by atomic mass is 16.5. The number of benzene rings is 1. The number of carbonyl (C=O) groups excluding carboxylic acids is 1. The predicted octanol–water partition coefficient (Wildman–Crippen LogP) is 2.54. The van der Waals surface area contributed by atoms with Gasteiger partial charge in [-0.05, 0) is 37.1 Å². The number of hydrogen-bond acceptors (Lipinski definition) is 4. The van der Waals surface area contributed by atoms with E-state index in [4.69, 9.17) is 4.74 Å². The Balaban J connectivity index is 1.72. The summed E-state index contributed by atoms with van der Waals surface area (Å²) in [5, 5.41) is 1.14. The molecule has 0 aliphatic carbocycles. The van der Waals surface area contributed by atoms with E-state index >= 15 is 0 Å². The molecule has 0 radical (unpaired) electrons. The molecule has 128 valence electrons. The van der Waals surface area contributed by atoms with Crippen molar-refractivity contribution in [3.63, 3.8) is 0 Å². The minimum atomic E-state index is 0.265. The lowest BCUT2D eigenvalue weighted by Gasteiger charge is -2.32. The molecule has 0 spiro atoms. The first-order valence-electron chi connectivity index (χ1n) is 8.41. The minimum absolute atomic E-state index is 0.265. The third-order valence-corrected chi connectivity index (χ3v) is 4.78. The van der Waals surface area contributed by atoms with Crippen molar-refractivity contribution in [1.82, 2.24) is 14.8 Å². The standard InChI is InChI=1S/C19H25N3O2/c1-21(11-14-6-9-18(23)22(2)12-14)13-15-7-8-17(24-3)19-16(15)5-4-10-20-19/h4-5,7-8,10,14H,6,9,11-13H2,1-3H3. The molecule has 1 saturated heterocycles. The normalized spacial score (nSPS) is 18.4. The van der Waals surface area contributed by atoms with Gasteiger partial charge < -0.3 is 14.5 Å². The maximum absolute atomic E-state index is 11.6. The summed E-state index contributed by atoms with van der Waals surface area (Å²) in [6.07, 6.45) is 3.45. The summed E-state index contributed by atoms with van der Waals surface area (Å²) in [6, 6.07) is 8.18.